The highest BCUT2D eigenvalue weighted by molar-refractivity contribution is 6.33. The summed E-state index contributed by atoms with van der Waals surface area (Å²) in [5, 5.41) is 9.04. The van der Waals surface area contributed by atoms with E-state index in [2.05, 4.69) is 4.74 Å². The van der Waals surface area contributed by atoms with Crippen molar-refractivity contribution in [1.29, 1.82) is 0 Å². The van der Waals surface area contributed by atoms with Gasteiger partial charge < -0.3 is 14.6 Å². The van der Waals surface area contributed by atoms with E-state index in [0.717, 1.165) is 0 Å². The third kappa shape index (κ3) is 3.64. The molecule has 0 aliphatic heterocycles. The SMILES string of the molecule is COC(=O)CCOc1cccc(Cl)c1C(=O)O. The van der Waals surface area contributed by atoms with Gasteiger partial charge in [0, 0.05) is 0 Å². The first-order valence-electron chi connectivity index (χ1n) is 4.77. The van der Waals surface area contributed by atoms with Gasteiger partial charge in [-0.05, 0) is 12.1 Å². The van der Waals surface area contributed by atoms with E-state index in [0.29, 0.717) is 0 Å². The molecular formula is C11H11ClO5. The zero-order valence-corrected chi connectivity index (χ0v) is 9.86. The average molecular weight is 259 g/mol. The number of methoxy groups -OCH3 is 1. The summed E-state index contributed by atoms with van der Waals surface area (Å²) in [5.74, 6) is -1.47. The van der Waals surface area contributed by atoms with E-state index in [9.17, 15) is 9.59 Å². The van der Waals surface area contributed by atoms with Gasteiger partial charge in [-0.25, -0.2) is 4.79 Å². The number of rotatable bonds is 5. The van der Waals surface area contributed by atoms with Crippen molar-refractivity contribution < 1.29 is 24.2 Å². The van der Waals surface area contributed by atoms with Crippen LogP contribution in [0.1, 0.15) is 16.8 Å². The van der Waals surface area contributed by atoms with Crippen molar-refractivity contribution in [3.63, 3.8) is 0 Å². The van der Waals surface area contributed by atoms with Crippen LogP contribution in [-0.4, -0.2) is 30.8 Å². The molecule has 5 nitrogen and oxygen atoms in total. The van der Waals surface area contributed by atoms with Crippen LogP contribution in [0.25, 0.3) is 0 Å². The fourth-order valence-electron chi connectivity index (χ4n) is 1.18. The second-order valence-corrected chi connectivity index (χ2v) is 3.50. The minimum Gasteiger partial charge on any atom is -0.492 e. The maximum Gasteiger partial charge on any atom is 0.341 e. The molecule has 0 saturated carbocycles. The van der Waals surface area contributed by atoms with Crippen LogP contribution >= 0.6 is 11.6 Å². The second-order valence-electron chi connectivity index (χ2n) is 3.09. The van der Waals surface area contributed by atoms with Gasteiger partial charge in [-0.3, -0.25) is 4.79 Å². The lowest BCUT2D eigenvalue weighted by atomic mass is 10.2. The molecular weight excluding hydrogens is 248 g/mol. The van der Waals surface area contributed by atoms with Crippen LogP contribution in [0.2, 0.25) is 5.02 Å². The predicted octanol–water partition coefficient (Wildman–Crippen LogP) is 1.98. The smallest absolute Gasteiger partial charge is 0.341 e. The monoisotopic (exact) mass is 258 g/mol. The standard InChI is InChI=1S/C11H11ClO5/c1-16-9(13)5-6-17-8-4-2-3-7(12)10(8)11(14)15/h2-4H,5-6H2,1H3,(H,14,15). The molecule has 0 bridgehead atoms. The number of esters is 1. The van der Waals surface area contributed by atoms with E-state index in [-0.39, 0.29) is 29.4 Å². The number of ether oxygens (including phenoxy) is 2. The number of carboxylic acids is 1. The van der Waals surface area contributed by atoms with Crippen LogP contribution < -0.4 is 4.74 Å². The third-order valence-corrected chi connectivity index (χ3v) is 2.30. The van der Waals surface area contributed by atoms with E-state index in [1.54, 1.807) is 6.07 Å². The summed E-state index contributed by atoms with van der Waals surface area (Å²) in [4.78, 5) is 21.8. The summed E-state index contributed by atoms with van der Waals surface area (Å²) in [6.07, 6.45) is 0.0437. The molecule has 0 atom stereocenters. The van der Waals surface area contributed by atoms with Crippen molar-refractivity contribution in [3.8, 4) is 5.75 Å². The summed E-state index contributed by atoms with van der Waals surface area (Å²) in [5.41, 5.74) is -0.112. The van der Waals surface area contributed by atoms with Crippen LogP contribution in [0.5, 0.6) is 5.75 Å². The van der Waals surface area contributed by atoms with E-state index in [4.69, 9.17) is 21.4 Å². The van der Waals surface area contributed by atoms with Crippen molar-refractivity contribution in [2.75, 3.05) is 13.7 Å². The Morgan fingerprint density at radius 2 is 2.12 bits per heavy atom. The lowest BCUT2D eigenvalue weighted by molar-refractivity contribution is -0.141. The molecule has 0 unspecified atom stereocenters. The predicted molar refractivity (Wildman–Crippen MR) is 60.5 cm³/mol. The number of benzene rings is 1. The van der Waals surface area contributed by atoms with E-state index in [1.165, 1.54) is 19.2 Å². The Hall–Kier alpha value is -1.75. The highest BCUT2D eigenvalue weighted by Gasteiger charge is 2.15. The number of aromatic carboxylic acids is 1. The molecule has 0 spiro atoms. The van der Waals surface area contributed by atoms with Gasteiger partial charge >= 0.3 is 11.9 Å². The van der Waals surface area contributed by atoms with Gasteiger partial charge in [0.2, 0.25) is 0 Å². The molecule has 1 N–H and O–H groups in total. The Morgan fingerprint density at radius 1 is 1.41 bits per heavy atom. The number of hydrogen-bond acceptors (Lipinski definition) is 4. The summed E-state index contributed by atoms with van der Waals surface area (Å²) in [7, 11) is 1.27. The molecule has 0 aliphatic rings. The number of carbonyl (C=O) groups excluding carboxylic acids is 1. The molecule has 1 rings (SSSR count). The largest absolute Gasteiger partial charge is 0.492 e. The molecule has 0 heterocycles. The summed E-state index contributed by atoms with van der Waals surface area (Å²) < 4.78 is 9.61. The fourth-order valence-corrected chi connectivity index (χ4v) is 1.43. The first-order chi connectivity index (χ1) is 8.06. The van der Waals surface area contributed by atoms with Crippen molar-refractivity contribution in [1.82, 2.24) is 0 Å². The average Bonchev–Trinajstić information content (AvgIpc) is 2.28. The Kier molecular flexibility index (Phi) is 4.78. The molecule has 1 aromatic rings. The van der Waals surface area contributed by atoms with Crippen molar-refractivity contribution in [2.45, 2.75) is 6.42 Å². The Labute approximate surface area is 103 Å². The van der Waals surface area contributed by atoms with E-state index < -0.39 is 11.9 Å². The van der Waals surface area contributed by atoms with Crippen LogP contribution in [0.3, 0.4) is 0 Å². The number of carboxylic acid groups (broad SMARTS) is 1. The van der Waals surface area contributed by atoms with Crippen molar-refractivity contribution in [3.05, 3.63) is 28.8 Å². The number of halogens is 1. The minimum absolute atomic E-state index is 0.0350. The van der Waals surface area contributed by atoms with Gasteiger partial charge in [0.1, 0.15) is 11.3 Å². The Bertz CT molecular complexity index is 430. The highest BCUT2D eigenvalue weighted by atomic mass is 35.5. The van der Waals surface area contributed by atoms with Crippen LogP contribution in [-0.2, 0) is 9.53 Å². The molecule has 0 aliphatic carbocycles. The molecule has 0 saturated heterocycles. The van der Waals surface area contributed by atoms with Gasteiger partial charge in [0.15, 0.2) is 0 Å². The zero-order valence-electron chi connectivity index (χ0n) is 9.10. The quantitative estimate of drug-likeness (QED) is 0.818. The molecule has 0 radical (unpaired) electrons. The zero-order chi connectivity index (χ0) is 12.8. The van der Waals surface area contributed by atoms with Gasteiger partial charge in [-0.1, -0.05) is 17.7 Å². The topological polar surface area (TPSA) is 72.8 Å². The molecule has 6 heteroatoms. The number of hydrogen-bond donors (Lipinski definition) is 1. The maximum atomic E-state index is 10.9. The lowest BCUT2D eigenvalue weighted by Crippen LogP contribution is -2.10. The summed E-state index contributed by atoms with van der Waals surface area (Å²) in [6, 6.07) is 4.51. The first-order valence-corrected chi connectivity index (χ1v) is 5.15. The normalized spacial score (nSPS) is 9.76. The van der Waals surface area contributed by atoms with Crippen LogP contribution in [0.4, 0.5) is 0 Å². The first kappa shape index (κ1) is 13.3. The van der Waals surface area contributed by atoms with Gasteiger partial charge in [0.25, 0.3) is 0 Å². The van der Waals surface area contributed by atoms with E-state index >= 15 is 0 Å². The second kappa shape index (κ2) is 6.10. The maximum absolute atomic E-state index is 10.9. The molecule has 0 amide bonds. The molecule has 17 heavy (non-hydrogen) atoms. The van der Waals surface area contributed by atoms with Crippen LogP contribution in [0.15, 0.2) is 18.2 Å². The lowest BCUT2D eigenvalue weighted by Gasteiger charge is -2.09. The third-order valence-electron chi connectivity index (χ3n) is 1.98. The van der Waals surface area contributed by atoms with Crippen molar-refractivity contribution in [2.24, 2.45) is 0 Å². The number of carbonyl (C=O) groups is 2. The molecule has 0 fully saturated rings. The molecule has 0 aromatic heterocycles. The van der Waals surface area contributed by atoms with Gasteiger partial charge in [-0.15, -0.1) is 0 Å². The molecule has 1 aromatic carbocycles. The Balaban J connectivity index is 2.74. The van der Waals surface area contributed by atoms with Gasteiger partial charge in [-0.2, -0.15) is 0 Å². The van der Waals surface area contributed by atoms with Crippen molar-refractivity contribution >= 4 is 23.5 Å². The van der Waals surface area contributed by atoms with Crippen LogP contribution in [0, 0.1) is 0 Å². The fraction of sp³-hybridized carbons (Fsp3) is 0.273. The summed E-state index contributed by atoms with van der Waals surface area (Å²) in [6.45, 7) is 0.0350. The van der Waals surface area contributed by atoms with Gasteiger partial charge in [0.05, 0.1) is 25.2 Å². The summed E-state index contributed by atoms with van der Waals surface area (Å²) >= 11 is 5.74. The molecule has 92 valence electrons. The minimum atomic E-state index is -1.18. The highest BCUT2D eigenvalue weighted by Crippen LogP contribution is 2.26. The van der Waals surface area contributed by atoms with E-state index in [1.807, 2.05) is 0 Å². The Morgan fingerprint density at radius 3 is 2.71 bits per heavy atom.